The lowest BCUT2D eigenvalue weighted by atomic mass is 10.2. The molecule has 0 bridgehead atoms. The fourth-order valence-corrected chi connectivity index (χ4v) is 1.64. The van der Waals surface area contributed by atoms with Gasteiger partial charge in [-0.05, 0) is 18.2 Å². The first-order valence-corrected chi connectivity index (χ1v) is 5.44. The predicted octanol–water partition coefficient (Wildman–Crippen LogP) is 4.24. The number of anilines is 1. The second-order valence-electron chi connectivity index (χ2n) is 3.15. The maximum atomic E-state index is 12.6. The van der Waals surface area contributed by atoms with Crippen LogP contribution in [0.2, 0.25) is 5.02 Å². The highest BCUT2D eigenvalue weighted by Gasteiger charge is 2.63. The third-order valence-corrected chi connectivity index (χ3v) is 2.63. The first-order valence-electron chi connectivity index (χ1n) is 4.27. The highest BCUT2D eigenvalue weighted by atomic mass is 79.9. The van der Waals surface area contributed by atoms with E-state index >= 15 is 0 Å². The second-order valence-corrected chi connectivity index (χ2v) is 4.47. The summed E-state index contributed by atoms with van der Waals surface area (Å²) in [6, 6.07) is 3.66. The van der Waals surface area contributed by atoms with E-state index < -0.39 is 18.0 Å². The van der Waals surface area contributed by atoms with E-state index in [2.05, 4.69) is 15.9 Å². The van der Waals surface area contributed by atoms with Crippen molar-refractivity contribution in [2.24, 2.45) is 0 Å². The molecule has 0 radical (unpaired) electrons. The van der Waals surface area contributed by atoms with E-state index in [4.69, 9.17) is 11.6 Å². The van der Waals surface area contributed by atoms with Crippen molar-refractivity contribution in [3.05, 3.63) is 27.7 Å². The number of rotatable bonds is 2. The Morgan fingerprint density at radius 3 is 2.22 bits per heavy atom. The molecule has 1 rings (SSSR count). The van der Waals surface area contributed by atoms with E-state index in [1.165, 1.54) is 17.4 Å². The van der Waals surface area contributed by atoms with Gasteiger partial charge in [0.25, 0.3) is 0 Å². The first-order chi connectivity index (χ1) is 8.05. The van der Waals surface area contributed by atoms with Gasteiger partial charge in [0.15, 0.2) is 0 Å². The Balaban J connectivity index is 2.95. The molecule has 0 spiro atoms. The van der Waals surface area contributed by atoms with Crippen LogP contribution in [0.3, 0.4) is 0 Å². The van der Waals surface area contributed by atoms with Gasteiger partial charge in [-0.15, -0.1) is 0 Å². The van der Waals surface area contributed by atoms with E-state index in [1.807, 2.05) is 0 Å². The molecule has 0 aliphatic rings. The lowest BCUT2D eigenvalue weighted by Crippen LogP contribution is -2.47. The van der Waals surface area contributed by atoms with E-state index in [0.29, 0.717) is 4.47 Å². The summed E-state index contributed by atoms with van der Waals surface area (Å²) in [5.74, 6) is -7.97. The Morgan fingerprint density at radius 2 is 1.78 bits per heavy atom. The minimum atomic E-state index is -5.96. The zero-order chi connectivity index (χ0) is 14.1. The van der Waals surface area contributed by atoms with Crippen LogP contribution in [-0.2, 0) is 4.79 Å². The highest BCUT2D eigenvalue weighted by Crippen LogP contribution is 2.37. The van der Waals surface area contributed by atoms with Crippen molar-refractivity contribution in [3.63, 3.8) is 0 Å². The molecule has 0 heterocycles. The normalized spacial score (nSPS) is 12.4. The Kier molecular flexibility index (Phi) is 4.22. The van der Waals surface area contributed by atoms with Crippen molar-refractivity contribution < 1.29 is 26.7 Å². The number of halogens is 7. The molecule has 100 valence electrons. The highest BCUT2D eigenvalue weighted by molar-refractivity contribution is 9.10. The van der Waals surface area contributed by atoms with Gasteiger partial charge < -0.3 is 5.32 Å². The van der Waals surface area contributed by atoms with Crippen LogP contribution in [0.15, 0.2) is 22.7 Å². The molecule has 2 nitrogen and oxygen atoms in total. The largest absolute Gasteiger partial charge is 0.463 e. The van der Waals surface area contributed by atoms with E-state index in [0.717, 1.165) is 6.07 Å². The summed E-state index contributed by atoms with van der Waals surface area (Å²) in [6.45, 7) is 0. The summed E-state index contributed by atoms with van der Waals surface area (Å²) in [4.78, 5) is 10.9. The average Bonchev–Trinajstić information content (AvgIpc) is 2.20. The third kappa shape index (κ3) is 3.11. The van der Waals surface area contributed by atoms with Gasteiger partial charge in [-0.1, -0.05) is 27.5 Å². The van der Waals surface area contributed by atoms with Crippen LogP contribution in [0, 0.1) is 0 Å². The lowest BCUT2D eigenvalue weighted by molar-refractivity contribution is -0.267. The van der Waals surface area contributed by atoms with Crippen LogP contribution in [0.25, 0.3) is 0 Å². The fraction of sp³-hybridized carbons (Fsp3) is 0.222. The molecule has 18 heavy (non-hydrogen) atoms. The number of alkyl halides is 5. The molecule has 0 saturated heterocycles. The van der Waals surface area contributed by atoms with Gasteiger partial charge in [-0.3, -0.25) is 4.79 Å². The summed E-state index contributed by atoms with van der Waals surface area (Å²) < 4.78 is 61.4. The van der Waals surface area contributed by atoms with Crippen LogP contribution in [0.1, 0.15) is 0 Å². The van der Waals surface area contributed by atoms with Crippen LogP contribution < -0.4 is 5.32 Å². The van der Waals surface area contributed by atoms with Gasteiger partial charge in [0.05, 0.1) is 10.7 Å². The molecular weight excluding hydrogens is 348 g/mol. The van der Waals surface area contributed by atoms with Gasteiger partial charge in [-0.2, -0.15) is 22.0 Å². The van der Waals surface area contributed by atoms with Gasteiger partial charge in [0.2, 0.25) is 0 Å². The van der Waals surface area contributed by atoms with Crippen molar-refractivity contribution in [1.82, 2.24) is 0 Å². The summed E-state index contributed by atoms with van der Waals surface area (Å²) in [5, 5.41) is 1.25. The van der Waals surface area contributed by atoms with Crippen LogP contribution in [0.5, 0.6) is 0 Å². The summed E-state index contributed by atoms with van der Waals surface area (Å²) in [7, 11) is 0. The van der Waals surface area contributed by atoms with Crippen molar-refractivity contribution in [2.75, 3.05) is 5.32 Å². The minimum Gasteiger partial charge on any atom is -0.319 e. The monoisotopic (exact) mass is 351 g/mol. The minimum absolute atomic E-state index is 0.171. The Hall–Kier alpha value is -0.890. The van der Waals surface area contributed by atoms with E-state index in [-0.39, 0.29) is 10.7 Å². The van der Waals surface area contributed by atoms with Crippen molar-refractivity contribution in [2.45, 2.75) is 12.1 Å². The van der Waals surface area contributed by atoms with Crippen LogP contribution in [0.4, 0.5) is 27.6 Å². The smallest absolute Gasteiger partial charge is 0.319 e. The first kappa shape index (κ1) is 15.2. The zero-order valence-electron chi connectivity index (χ0n) is 8.29. The topological polar surface area (TPSA) is 29.1 Å². The van der Waals surface area contributed by atoms with Crippen molar-refractivity contribution in [3.8, 4) is 0 Å². The van der Waals surface area contributed by atoms with Gasteiger partial charge in [0, 0.05) is 4.47 Å². The predicted molar refractivity (Wildman–Crippen MR) is 58.8 cm³/mol. The molecule has 0 fully saturated rings. The van der Waals surface area contributed by atoms with Gasteiger partial charge in [-0.25, -0.2) is 0 Å². The summed E-state index contributed by atoms with van der Waals surface area (Å²) in [6.07, 6.45) is -5.96. The molecular formula is C9H4BrClF5NO. The van der Waals surface area contributed by atoms with Gasteiger partial charge in [0.1, 0.15) is 0 Å². The van der Waals surface area contributed by atoms with E-state index in [9.17, 15) is 26.7 Å². The number of hydrogen-bond donors (Lipinski definition) is 1. The molecule has 0 unspecified atom stereocenters. The molecule has 1 amide bonds. The Labute approximate surface area is 111 Å². The number of carbonyl (C=O) groups is 1. The number of nitrogens with one attached hydrogen (secondary N) is 1. The molecule has 1 aromatic rings. The number of hydrogen-bond acceptors (Lipinski definition) is 1. The molecule has 0 saturated carbocycles. The van der Waals surface area contributed by atoms with Crippen molar-refractivity contribution >= 4 is 39.1 Å². The maximum Gasteiger partial charge on any atom is 0.463 e. The second kappa shape index (κ2) is 5.00. The molecule has 0 aliphatic heterocycles. The number of carbonyl (C=O) groups excluding carboxylic acids is 1. The van der Waals surface area contributed by atoms with Gasteiger partial charge >= 0.3 is 18.0 Å². The average molecular weight is 352 g/mol. The Bertz CT molecular complexity index is 477. The molecule has 0 aliphatic carbocycles. The Morgan fingerprint density at radius 1 is 1.22 bits per heavy atom. The van der Waals surface area contributed by atoms with Crippen LogP contribution in [-0.4, -0.2) is 18.0 Å². The van der Waals surface area contributed by atoms with Crippen LogP contribution >= 0.6 is 27.5 Å². The summed E-state index contributed by atoms with van der Waals surface area (Å²) >= 11 is 8.58. The zero-order valence-corrected chi connectivity index (χ0v) is 10.6. The molecule has 1 aromatic carbocycles. The lowest BCUT2D eigenvalue weighted by Gasteiger charge is -2.19. The number of amides is 1. The maximum absolute atomic E-state index is 12.6. The molecule has 0 aromatic heterocycles. The summed E-state index contributed by atoms with van der Waals surface area (Å²) in [5.41, 5.74) is -0.339. The number of benzene rings is 1. The molecule has 1 N–H and O–H groups in total. The SMILES string of the molecule is O=C(Nc1ccc(Br)cc1Cl)C(F)(F)C(F)(F)F. The molecule has 0 atom stereocenters. The standard InChI is InChI=1S/C9H4BrClF5NO/c10-4-1-2-6(5(11)3-4)17-7(18)8(12,13)9(14,15)16/h1-3H,(H,17,18). The quantitative estimate of drug-likeness (QED) is 0.793. The molecule has 9 heteroatoms. The third-order valence-electron chi connectivity index (χ3n) is 1.82. The van der Waals surface area contributed by atoms with E-state index in [1.54, 1.807) is 0 Å². The van der Waals surface area contributed by atoms with Crippen molar-refractivity contribution in [1.29, 1.82) is 0 Å². The fourth-order valence-electron chi connectivity index (χ4n) is 0.920.